The van der Waals surface area contributed by atoms with Crippen LogP contribution in [0.1, 0.15) is 11.1 Å². The van der Waals surface area contributed by atoms with Crippen LogP contribution in [0.15, 0.2) is 41.5 Å². The Kier molecular flexibility index (Phi) is 3.35. The van der Waals surface area contributed by atoms with Gasteiger partial charge in [-0.1, -0.05) is 12.1 Å². The van der Waals surface area contributed by atoms with E-state index in [0.717, 1.165) is 5.56 Å². The SMILES string of the molecule is Cc1cccc(F)c1COc1nc2cnccc2c(=O)[nH]1. The van der Waals surface area contributed by atoms with Crippen molar-refractivity contribution in [1.82, 2.24) is 15.0 Å². The summed E-state index contributed by atoms with van der Waals surface area (Å²) in [5.74, 6) is -0.347. The normalized spacial score (nSPS) is 10.8. The minimum absolute atomic E-state index is 0.00673. The summed E-state index contributed by atoms with van der Waals surface area (Å²) in [5, 5.41) is 0.430. The van der Waals surface area contributed by atoms with Gasteiger partial charge in [0.1, 0.15) is 12.4 Å². The number of aryl methyl sites for hydroxylation is 1. The average molecular weight is 285 g/mol. The van der Waals surface area contributed by atoms with Crippen molar-refractivity contribution in [2.24, 2.45) is 0 Å². The fourth-order valence-electron chi connectivity index (χ4n) is 2.03. The quantitative estimate of drug-likeness (QED) is 0.802. The predicted octanol–water partition coefficient (Wildman–Crippen LogP) is 2.34. The molecule has 2 heterocycles. The lowest BCUT2D eigenvalue weighted by molar-refractivity contribution is 0.275. The average Bonchev–Trinajstić information content (AvgIpc) is 2.47. The molecule has 3 aromatic rings. The van der Waals surface area contributed by atoms with E-state index in [2.05, 4.69) is 15.0 Å². The van der Waals surface area contributed by atoms with E-state index < -0.39 is 0 Å². The number of aromatic amines is 1. The molecule has 6 heteroatoms. The number of ether oxygens (including phenoxy) is 1. The number of hydrogen-bond acceptors (Lipinski definition) is 4. The number of benzene rings is 1. The Balaban J connectivity index is 1.91. The lowest BCUT2D eigenvalue weighted by atomic mass is 10.1. The van der Waals surface area contributed by atoms with Gasteiger partial charge < -0.3 is 4.74 Å². The van der Waals surface area contributed by atoms with Gasteiger partial charge in [0, 0.05) is 11.8 Å². The maximum Gasteiger partial charge on any atom is 0.297 e. The molecule has 0 amide bonds. The van der Waals surface area contributed by atoms with Crippen LogP contribution in [0.25, 0.3) is 10.9 Å². The largest absolute Gasteiger partial charge is 0.460 e. The van der Waals surface area contributed by atoms with Gasteiger partial charge in [0.2, 0.25) is 0 Å². The maximum absolute atomic E-state index is 13.7. The zero-order valence-corrected chi connectivity index (χ0v) is 11.3. The summed E-state index contributed by atoms with van der Waals surface area (Å²) in [6.07, 6.45) is 2.99. The van der Waals surface area contributed by atoms with Gasteiger partial charge in [0.05, 0.1) is 17.1 Å². The van der Waals surface area contributed by atoms with Gasteiger partial charge in [0.15, 0.2) is 0 Å². The van der Waals surface area contributed by atoms with Crippen LogP contribution in [0.4, 0.5) is 4.39 Å². The third-order valence-electron chi connectivity index (χ3n) is 3.19. The fraction of sp³-hybridized carbons (Fsp3) is 0.133. The van der Waals surface area contributed by atoms with E-state index in [0.29, 0.717) is 16.5 Å². The van der Waals surface area contributed by atoms with Gasteiger partial charge in [-0.25, -0.2) is 4.39 Å². The van der Waals surface area contributed by atoms with Crippen molar-refractivity contribution in [3.63, 3.8) is 0 Å². The van der Waals surface area contributed by atoms with E-state index in [1.54, 1.807) is 25.1 Å². The Morgan fingerprint density at radius 3 is 3.00 bits per heavy atom. The highest BCUT2D eigenvalue weighted by molar-refractivity contribution is 5.76. The number of fused-ring (bicyclic) bond motifs is 1. The zero-order chi connectivity index (χ0) is 14.8. The summed E-state index contributed by atoms with van der Waals surface area (Å²) in [6, 6.07) is 6.42. The molecule has 0 aliphatic heterocycles. The molecule has 0 radical (unpaired) electrons. The maximum atomic E-state index is 13.7. The Morgan fingerprint density at radius 1 is 1.33 bits per heavy atom. The molecule has 1 aromatic carbocycles. The fourth-order valence-corrected chi connectivity index (χ4v) is 2.03. The van der Waals surface area contributed by atoms with E-state index in [-0.39, 0.29) is 24.0 Å². The molecule has 106 valence electrons. The third kappa shape index (κ3) is 2.60. The number of rotatable bonds is 3. The van der Waals surface area contributed by atoms with Crippen molar-refractivity contribution in [1.29, 1.82) is 0 Å². The molecule has 0 saturated carbocycles. The molecule has 1 N–H and O–H groups in total. The highest BCUT2D eigenvalue weighted by atomic mass is 19.1. The van der Waals surface area contributed by atoms with Crippen molar-refractivity contribution >= 4 is 10.9 Å². The minimum Gasteiger partial charge on any atom is -0.460 e. The number of nitrogens with one attached hydrogen (secondary N) is 1. The molecule has 0 saturated heterocycles. The molecule has 0 spiro atoms. The number of halogens is 1. The summed E-state index contributed by atoms with van der Waals surface area (Å²) in [5.41, 5.74) is 1.33. The predicted molar refractivity (Wildman–Crippen MR) is 75.6 cm³/mol. The molecule has 2 aromatic heterocycles. The lowest BCUT2D eigenvalue weighted by Crippen LogP contribution is -2.12. The van der Waals surface area contributed by atoms with Gasteiger partial charge in [0.25, 0.3) is 11.6 Å². The molecule has 0 aliphatic carbocycles. The van der Waals surface area contributed by atoms with Gasteiger partial charge >= 0.3 is 0 Å². The van der Waals surface area contributed by atoms with Crippen LogP contribution in [-0.2, 0) is 6.61 Å². The first-order valence-corrected chi connectivity index (χ1v) is 6.36. The van der Waals surface area contributed by atoms with E-state index in [4.69, 9.17) is 4.74 Å². The van der Waals surface area contributed by atoms with Crippen molar-refractivity contribution in [3.8, 4) is 6.01 Å². The van der Waals surface area contributed by atoms with Gasteiger partial charge in [-0.2, -0.15) is 4.98 Å². The molecule has 0 atom stereocenters. The topological polar surface area (TPSA) is 67.9 Å². The van der Waals surface area contributed by atoms with E-state index in [9.17, 15) is 9.18 Å². The summed E-state index contributed by atoms with van der Waals surface area (Å²) < 4.78 is 19.1. The first kappa shape index (κ1) is 13.2. The van der Waals surface area contributed by atoms with Crippen LogP contribution in [0.2, 0.25) is 0 Å². The number of hydrogen-bond donors (Lipinski definition) is 1. The van der Waals surface area contributed by atoms with Gasteiger partial charge in [-0.3, -0.25) is 14.8 Å². The molecule has 21 heavy (non-hydrogen) atoms. The van der Waals surface area contributed by atoms with Crippen molar-refractivity contribution < 1.29 is 9.13 Å². The highest BCUT2D eigenvalue weighted by Gasteiger charge is 2.08. The van der Waals surface area contributed by atoms with Crippen molar-refractivity contribution in [2.45, 2.75) is 13.5 Å². The van der Waals surface area contributed by atoms with Crippen LogP contribution < -0.4 is 10.3 Å². The Hall–Kier alpha value is -2.76. The van der Waals surface area contributed by atoms with Crippen molar-refractivity contribution in [2.75, 3.05) is 0 Å². The summed E-state index contributed by atoms with van der Waals surface area (Å²) >= 11 is 0. The molecular formula is C15H12FN3O2. The molecule has 3 rings (SSSR count). The first-order valence-electron chi connectivity index (χ1n) is 6.36. The molecule has 0 fully saturated rings. The second-order valence-electron chi connectivity index (χ2n) is 4.59. The molecule has 0 bridgehead atoms. The van der Waals surface area contributed by atoms with E-state index >= 15 is 0 Å². The summed E-state index contributed by atoms with van der Waals surface area (Å²) in [7, 11) is 0. The molecule has 0 aliphatic rings. The van der Waals surface area contributed by atoms with Gasteiger partial charge in [-0.05, 0) is 24.6 Å². The summed E-state index contributed by atoms with van der Waals surface area (Å²) in [6.45, 7) is 1.79. The van der Waals surface area contributed by atoms with Gasteiger partial charge in [-0.15, -0.1) is 0 Å². The Morgan fingerprint density at radius 2 is 2.19 bits per heavy atom. The number of pyridine rings is 1. The van der Waals surface area contributed by atoms with Crippen LogP contribution in [0.5, 0.6) is 6.01 Å². The second kappa shape index (κ2) is 5.32. The number of nitrogens with zero attached hydrogens (tertiary/aromatic N) is 2. The molecular weight excluding hydrogens is 273 g/mol. The molecule has 0 unspecified atom stereocenters. The van der Waals surface area contributed by atoms with Crippen LogP contribution in [0, 0.1) is 12.7 Å². The monoisotopic (exact) mass is 285 g/mol. The Labute approximate surface area is 119 Å². The zero-order valence-electron chi connectivity index (χ0n) is 11.3. The standard InChI is InChI=1S/C15H12FN3O2/c1-9-3-2-4-12(16)11(9)8-21-15-18-13-7-17-6-5-10(13)14(20)19-15/h2-7H,8H2,1H3,(H,18,19,20). The first-order chi connectivity index (χ1) is 10.1. The van der Waals surface area contributed by atoms with Crippen molar-refractivity contribution in [3.05, 3.63) is 64.0 Å². The third-order valence-corrected chi connectivity index (χ3v) is 3.19. The number of H-pyrrole nitrogens is 1. The smallest absolute Gasteiger partial charge is 0.297 e. The van der Waals surface area contributed by atoms with E-state index in [1.165, 1.54) is 18.5 Å². The highest BCUT2D eigenvalue weighted by Crippen LogP contribution is 2.15. The van der Waals surface area contributed by atoms with Crippen LogP contribution >= 0.6 is 0 Å². The van der Waals surface area contributed by atoms with Crippen LogP contribution in [0.3, 0.4) is 0 Å². The second-order valence-corrected chi connectivity index (χ2v) is 4.59. The van der Waals surface area contributed by atoms with Crippen LogP contribution in [-0.4, -0.2) is 15.0 Å². The summed E-state index contributed by atoms with van der Waals surface area (Å²) in [4.78, 5) is 22.4. The van der Waals surface area contributed by atoms with E-state index in [1.807, 2.05) is 0 Å². The molecule has 5 nitrogen and oxygen atoms in total. The lowest BCUT2D eigenvalue weighted by Gasteiger charge is -2.09. The minimum atomic E-state index is -0.347. The number of aromatic nitrogens is 3. The Bertz CT molecular complexity index is 841.